The van der Waals surface area contributed by atoms with E-state index in [0.29, 0.717) is 24.2 Å². The molecule has 1 fully saturated rings. The Hall–Kier alpha value is -1.62. The van der Waals surface area contributed by atoms with Crippen molar-refractivity contribution >= 4 is 11.9 Å². The molecule has 5 nitrogen and oxygen atoms in total. The smallest absolute Gasteiger partial charge is 0.308 e. The average molecular weight is 405 g/mol. The van der Waals surface area contributed by atoms with Gasteiger partial charge in [-0.3, -0.25) is 9.59 Å². The van der Waals surface area contributed by atoms with Gasteiger partial charge in [0.25, 0.3) is 0 Å². The van der Waals surface area contributed by atoms with Gasteiger partial charge in [-0.2, -0.15) is 0 Å². The first kappa shape index (κ1) is 22.1. The summed E-state index contributed by atoms with van der Waals surface area (Å²) in [5, 5.41) is 9.89. The molecular weight excluding hydrogens is 368 g/mol. The summed E-state index contributed by atoms with van der Waals surface area (Å²) in [6.45, 7) is 8.33. The summed E-state index contributed by atoms with van der Waals surface area (Å²) < 4.78 is 11.5. The molecule has 0 bridgehead atoms. The van der Waals surface area contributed by atoms with E-state index in [2.05, 4.69) is 32.1 Å². The van der Waals surface area contributed by atoms with Crippen LogP contribution in [0.15, 0.2) is 23.8 Å². The molecule has 1 saturated heterocycles. The second-order valence-electron chi connectivity index (χ2n) is 9.36. The highest BCUT2D eigenvalue weighted by atomic mass is 16.5. The number of aliphatic hydroxyl groups is 1. The van der Waals surface area contributed by atoms with Crippen LogP contribution in [0.25, 0.3) is 0 Å². The monoisotopic (exact) mass is 404 g/mol. The normalized spacial score (nSPS) is 37.9. The molecule has 2 aliphatic carbocycles. The lowest BCUT2D eigenvalue weighted by Crippen LogP contribution is -2.42. The summed E-state index contributed by atoms with van der Waals surface area (Å²) in [7, 11) is 0. The minimum absolute atomic E-state index is 0.0854. The topological polar surface area (TPSA) is 72.8 Å². The first-order chi connectivity index (χ1) is 13.8. The predicted octanol–water partition coefficient (Wildman–Crippen LogP) is 4.20. The molecule has 1 heterocycles. The van der Waals surface area contributed by atoms with E-state index in [1.807, 2.05) is 13.8 Å². The van der Waals surface area contributed by atoms with Crippen molar-refractivity contribution in [2.45, 2.75) is 84.5 Å². The Balaban J connectivity index is 1.74. The van der Waals surface area contributed by atoms with Crippen LogP contribution in [-0.4, -0.2) is 35.4 Å². The molecule has 0 saturated carbocycles. The van der Waals surface area contributed by atoms with Crippen molar-refractivity contribution in [1.82, 2.24) is 0 Å². The van der Waals surface area contributed by atoms with Gasteiger partial charge in [-0.25, -0.2) is 0 Å². The van der Waals surface area contributed by atoms with Crippen LogP contribution in [0.2, 0.25) is 0 Å². The third kappa shape index (κ3) is 5.30. The second-order valence-corrected chi connectivity index (χ2v) is 9.36. The number of hydrogen-bond acceptors (Lipinski definition) is 5. The number of esters is 2. The third-order valence-corrected chi connectivity index (χ3v) is 6.93. The van der Waals surface area contributed by atoms with Gasteiger partial charge >= 0.3 is 11.9 Å². The highest BCUT2D eigenvalue weighted by Crippen LogP contribution is 2.45. The van der Waals surface area contributed by atoms with Gasteiger partial charge in [0.1, 0.15) is 12.2 Å². The van der Waals surface area contributed by atoms with Gasteiger partial charge in [-0.1, -0.05) is 45.9 Å². The molecule has 8 atom stereocenters. The zero-order valence-electron chi connectivity index (χ0n) is 18.2. The number of aliphatic hydroxyl groups excluding tert-OH is 1. The van der Waals surface area contributed by atoms with E-state index in [9.17, 15) is 14.7 Å². The lowest BCUT2D eigenvalue weighted by Gasteiger charge is -2.43. The van der Waals surface area contributed by atoms with Crippen molar-refractivity contribution in [2.24, 2.45) is 29.6 Å². The maximum atomic E-state index is 12.5. The minimum atomic E-state index is -0.597. The molecule has 1 aliphatic heterocycles. The van der Waals surface area contributed by atoms with E-state index in [1.54, 1.807) is 0 Å². The molecule has 0 aromatic heterocycles. The SMILES string of the molecule is CC[C@H](C)C(=O)O[C@@H]1C[C@H](C)C=C2C=C[C@H](C)[C@H](CCC3C[C@@H](O)CC(=O)O3)C21. The van der Waals surface area contributed by atoms with E-state index in [1.165, 1.54) is 5.57 Å². The summed E-state index contributed by atoms with van der Waals surface area (Å²) >= 11 is 0. The summed E-state index contributed by atoms with van der Waals surface area (Å²) in [6.07, 6.45) is 9.70. The Morgan fingerprint density at radius 1 is 1.31 bits per heavy atom. The molecule has 5 heteroatoms. The standard InChI is InChI=1S/C24H36O5/c1-5-15(3)24(27)29-21-11-14(2)10-17-7-6-16(4)20(23(17)21)9-8-19-12-18(25)13-22(26)28-19/h6-7,10,14-16,18-21,23,25H,5,8-9,11-13H2,1-4H3/t14-,15+,16+,18-,19?,20+,21-,23?/m1/s1. The fourth-order valence-corrected chi connectivity index (χ4v) is 5.07. The molecule has 162 valence electrons. The molecule has 0 aromatic carbocycles. The van der Waals surface area contributed by atoms with Crippen LogP contribution in [0.5, 0.6) is 0 Å². The number of carbonyl (C=O) groups is 2. The van der Waals surface area contributed by atoms with E-state index in [-0.39, 0.29) is 42.4 Å². The number of ether oxygens (including phenoxy) is 2. The Morgan fingerprint density at radius 3 is 2.76 bits per heavy atom. The molecule has 2 unspecified atom stereocenters. The van der Waals surface area contributed by atoms with Gasteiger partial charge in [-0.05, 0) is 49.0 Å². The lowest BCUT2D eigenvalue weighted by atomic mass is 9.65. The van der Waals surface area contributed by atoms with Crippen molar-refractivity contribution in [1.29, 1.82) is 0 Å². The molecule has 3 rings (SSSR count). The quantitative estimate of drug-likeness (QED) is 0.672. The Morgan fingerprint density at radius 2 is 2.07 bits per heavy atom. The van der Waals surface area contributed by atoms with Crippen LogP contribution in [0.1, 0.15) is 66.2 Å². The Bertz CT molecular complexity index is 666. The Kier molecular flexibility index (Phi) is 7.20. The first-order valence-electron chi connectivity index (χ1n) is 11.3. The minimum Gasteiger partial charge on any atom is -0.462 e. The van der Waals surface area contributed by atoms with Gasteiger partial charge in [0, 0.05) is 12.3 Å². The highest BCUT2D eigenvalue weighted by molar-refractivity contribution is 5.72. The van der Waals surface area contributed by atoms with Crippen LogP contribution in [0, 0.1) is 29.6 Å². The highest BCUT2D eigenvalue weighted by Gasteiger charge is 2.42. The molecule has 29 heavy (non-hydrogen) atoms. The molecule has 1 N–H and O–H groups in total. The van der Waals surface area contributed by atoms with E-state index in [0.717, 1.165) is 25.7 Å². The maximum Gasteiger partial charge on any atom is 0.308 e. The molecule has 0 spiro atoms. The summed E-state index contributed by atoms with van der Waals surface area (Å²) in [5.74, 6) is 0.755. The van der Waals surface area contributed by atoms with E-state index < -0.39 is 6.10 Å². The number of hydrogen-bond donors (Lipinski definition) is 1. The van der Waals surface area contributed by atoms with Crippen LogP contribution < -0.4 is 0 Å². The Labute approximate surface area is 174 Å². The van der Waals surface area contributed by atoms with Crippen molar-refractivity contribution < 1.29 is 24.2 Å². The number of allylic oxidation sites excluding steroid dienone is 3. The van der Waals surface area contributed by atoms with E-state index >= 15 is 0 Å². The summed E-state index contributed by atoms with van der Waals surface area (Å²) in [5.41, 5.74) is 1.27. The van der Waals surface area contributed by atoms with Crippen LogP contribution in [0.3, 0.4) is 0 Å². The number of cyclic esters (lactones) is 1. The van der Waals surface area contributed by atoms with Gasteiger partial charge in [-0.15, -0.1) is 0 Å². The van der Waals surface area contributed by atoms with Gasteiger partial charge < -0.3 is 14.6 Å². The number of carbonyl (C=O) groups excluding carboxylic acids is 2. The number of fused-ring (bicyclic) bond motifs is 1. The summed E-state index contributed by atoms with van der Waals surface area (Å²) in [4.78, 5) is 24.2. The first-order valence-corrected chi connectivity index (χ1v) is 11.3. The summed E-state index contributed by atoms with van der Waals surface area (Å²) in [6, 6.07) is 0. The zero-order valence-corrected chi connectivity index (χ0v) is 18.2. The van der Waals surface area contributed by atoms with Crippen LogP contribution >= 0.6 is 0 Å². The fourth-order valence-electron chi connectivity index (χ4n) is 5.07. The van der Waals surface area contributed by atoms with Crippen molar-refractivity contribution in [3.8, 4) is 0 Å². The van der Waals surface area contributed by atoms with Gasteiger partial charge in [0.15, 0.2) is 0 Å². The molecule has 0 radical (unpaired) electrons. The van der Waals surface area contributed by atoms with E-state index in [4.69, 9.17) is 9.47 Å². The van der Waals surface area contributed by atoms with Crippen molar-refractivity contribution in [3.05, 3.63) is 23.8 Å². The van der Waals surface area contributed by atoms with Crippen LogP contribution in [0.4, 0.5) is 0 Å². The molecule has 3 aliphatic rings. The molecule has 0 amide bonds. The van der Waals surface area contributed by atoms with Crippen molar-refractivity contribution in [2.75, 3.05) is 0 Å². The van der Waals surface area contributed by atoms with Gasteiger partial charge in [0.05, 0.1) is 18.4 Å². The molecular formula is C24H36O5. The maximum absolute atomic E-state index is 12.5. The predicted molar refractivity (Wildman–Crippen MR) is 111 cm³/mol. The molecule has 0 aromatic rings. The largest absolute Gasteiger partial charge is 0.462 e. The fraction of sp³-hybridized carbons (Fsp3) is 0.750. The lowest BCUT2D eigenvalue weighted by molar-refractivity contribution is -0.162. The zero-order chi connectivity index (χ0) is 21.1. The number of rotatable bonds is 6. The van der Waals surface area contributed by atoms with Crippen molar-refractivity contribution in [3.63, 3.8) is 0 Å². The second kappa shape index (κ2) is 9.46. The van der Waals surface area contributed by atoms with Gasteiger partial charge in [0.2, 0.25) is 0 Å². The van der Waals surface area contributed by atoms with Crippen LogP contribution in [-0.2, 0) is 19.1 Å². The third-order valence-electron chi connectivity index (χ3n) is 6.93. The average Bonchev–Trinajstić information content (AvgIpc) is 2.65.